The average Bonchev–Trinajstić information content (AvgIpc) is 3.33. The van der Waals surface area contributed by atoms with Crippen molar-refractivity contribution in [2.45, 2.75) is 206 Å². The van der Waals surface area contributed by atoms with Gasteiger partial charge in [-0.1, -0.05) is 124 Å². The fraction of sp³-hybridized carbons (Fsp3) is 0.953. The standard InChI is InChI=1S/C43H75NO3/c1-4-5-6-7-8-9-10-11-12-13-14-15-16-17-18-19-31-44(40(46)34-21-20-22-34)33-43(47)30-29-41(2)35(32-43)23-24-36-37-25-26-39(45)42(37,3)28-27-38(36)41/h34-38,47H,4-33H2,1-3H3/t35-,36-,37-,38-,41-,42-,43+/m0/s1. The molecule has 7 atom stereocenters. The summed E-state index contributed by atoms with van der Waals surface area (Å²) < 4.78 is 0. The summed E-state index contributed by atoms with van der Waals surface area (Å²) in [5.41, 5.74) is -0.522. The number of unbranched alkanes of at least 4 members (excludes halogenated alkanes) is 15. The first-order valence-corrected chi connectivity index (χ1v) is 21.2. The van der Waals surface area contributed by atoms with Crippen LogP contribution in [-0.2, 0) is 9.59 Å². The lowest BCUT2D eigenvalue weighted by molar-refractivity contribution is -0.163. The molecule has 5 aliphatic carbocycles. The number of Topliss-reactive ketones (excluding diaryl/α,β-unsaturated/α-hetero) is 1. The van der Waals surface area contributed by atoms with Gasteiger partial charge in [-0.2, -0.15) is 0 Å². The molecule has 1 N–H and O–H groups in total. The van der Waals surface area contributed by atoms with E-state index in [0.717, 1.165) is 64.3 Å². The van der Waals surface area contributed by atoms with Gasteiger partial charge in [0.2, 0.25) is 5.91 Å². The van der Waals surface area contributed by atoms with E-state index in [-0.39, 0.29) is 16.7 Å². The van der Waals surface area contributed by atoms with Gasteiger partial charge in [0.1, 0.15) is 5.78 Å². The lowest BCUT2D eigenvalue weighted by Gasteiger charge is -2.61. The number of carbonyl (C=O) groups excluding carboxylic acids is 2. The first-order chi connectivity index (χ1) is 22.7. The van der Waals surface area contributed by atoms with Crippen LogP contribution in [0.15, 0.2) is 0 Å². The number of fused-ring (bicyclic) bond motifs is 5. The van der Waals surface area contributed by atoms with Gasteiger partial charge in [-0.15, -0.1) is 0 Å². The zero-order valence-corrected chi connectivity index (χ0v) is 31.3. The van der Waals surface area contributed by atoms with E-state index in [1.54, 1.807) is 0 Å². The third kappa shape index (κ3) is 9.07. The van der Waals surface area contributed by atoms with E-state index in [9.17, 15) is 14.7 Å². The highest BCUT2D eigenvalue weighted by molar-refractivity contribution is 5.87. The Labute approximate surface area is 290 Å². The Balaban J connectivity index is 1.01. The molecule has 0 radical (unpaired) electrons. The fourth-order valence-electron chi connectivity index (χ4n) is 11.6. The largest absolute Gasteiger partial charge is 0.388 e. The molecule has 0 aromatic heterocycles. The molecule has 5 saturated carbocycles. The monoisotopic (exact) mass is 654 g/mol. The van der Waals surface area contributed by atoms with Crippen LogP contribution in [0.1, 0.15) is 201 Å². The number of nitrogens with zero attached hydrogens (tertiary/aromatic N) is 1. The number of ketones is 1. The van der Waals surface area contributed by atoms with Crippen LogP contribution in [0.2, 0.25) is 0 Å². The molecule has 1 amide bonds. The predicted molar refractivity (Wildman–Crippen MR) is 195 cm³/mol. The maximum atomic E-state index is 13.6. The minimum absolute atomic E-state index is 0.0607. The highest BCUT2D eigenvalue weighted by Gasteiger charge is 2.61. The second-order valence-electron chi connectivity index (χ2n) is 18.2. The third-order valence-electron chi connectivity index (χ3n) is 15.1. The Morgan fingerprint density at radius 3 is 1.89 bits per heavy atom. The summed E-state index contributed by atoms with van der Waals surface area (Å²) in [6.45, 7) is 8.50. The molecule has 0 bridgehead atoms. The molecule has 5 rings (SSSR count). The maximum Gasteiger partial charge on any atom is 0.225 e. The second-order valence-corrected chi connectivity index (χ2v) is 18.2. The van der Waals surface area contributed by atoms with Crippen LogP contribution >= 0.6 is 0 Å². The number of hydrogen-bond donors (Lipinski definition) is 1. The van der Waals surface area contributed by atoms with E-state index in [1.165, 1.54) is 122 Å². The van der Waals surface area contributed by atoms with Crippen molar-refractivity contribution in [3.63, 3.8) is 0 Å². The summed E-state index contributed by atoms with van der Waals surface area (Å²) in [6.07, 6.45) is 34.5. The van der Waals surface area contributed by atoms with E-state index in [1.807, 2.05) is 0 Å². The smallest absolute Gasteiger partial charge is 0.225 e. The molecule has 270 valence electrons. The molecule has 0 spiro atoms. The Kier molecular flexibility index (Phi) is 13.8. The number of amides is 1. The van der Waals surface area contributed by atoms with Crippen LogP contribution in [0.4, 0.5) is 0 Å². The Bertz CT molecular complexity index is 992. The van der Waals surface area contributed by atoms with Gasteiger partial charge in [0.15, 0.2) is 0 Å². The summed E-state index contributed by atoms with van der Waals surface area (Å²) >= 11 is 0. The van der Waals surface area contributed by atoms with Crippen molar-refractivity contribution in [1.82, 2.24) is 4.90 Å². The third-order valence-corrected chi connectivity index (χ3v) is 15.1. The molecule has 0 aliphatic heterocycles. The van der Waals surface area contributed by atoms with E-state index < -0.39 is 5.60 Å². The van der Waals surface area contributed by atoms with Gasteiger partial charge in [-0.3, -0.25) is 9.59 Å². The molecule has 0 unspecified atom stereocenters. The van der Waals surface area contributed by atoms with Crippen molar-refractivity contribution in [2.75, 3.05) is 13.1 Å². The van der Waals surface area contributed by atoms with Crippen LogP contribution in [0.5, 0.6) is 0 Å². The van der Waals surface area contributed by atoms with Gasteiger partial charge < -0.3 is 10.0 Å². The molecule has 0 aromatic carbocycles. The molecular weight excluding hydrogens is 578 g/mol. The summed E-state index contributed by atoms with van der Waals surface area (Å²) in [5, 5.41) is 12.1. The van der Waals surface area contributed by atoms with Crippen molar-refractivity contribution < 1.29 is 14.7 Å². The molecule has 5 fully saturated rings. The lowest BCUT2D eigenvalue weighted by atomic mass is 9.44. The lowest BCUT2D eigenvalue weighted by Crippen LogP contribution is -2.58. The Hall–Kier alpha value is -0.900. The first-order valence-electron chi connectivity index (χ1n) is 21.2. The number of rotatable bonds is 20. The van der Waals surface area contributed by atoms with Gasteiger partial charge in [0.05, 0.1) is 5.60 Å². The van der Waals surface area contributed by atoms with Crippen molar-refractivity contribution in [2.24, 2.45) is 40.4 Å². The van der Waals surface area contributed by atoms with Crippen LogP contribution in [0.25, 0.3) is 0 Å². The summed E-state index contributed by atoms with van der Waals surface area (Å²) in [7, 11) is 0. The van der Waals surface area contributed by atoms with E-state index in [4.69, 9.17) is 0 Å². The summed E-state index contributed by atoms with van der Waals surface area (Å²) in [5.74, 6) is 3.59. The van der Waals surface area contributed by atoms with Crippen molar-refractivity contribution >= 4 is 11.7 Å². The highest BCUT2D eigenvalue weighted by Crippen LogP contribution is 2.66. The summed E-state index contributed by atoms with van der Waals surface area (Å²) in [6, 6.07) is 0. The van der Waals surface area contributed by atoms with Crippen molar-refractivity contribution in [3.8, 4) is 0 Å². The topological polar surface area (TPSA) is 57.6 Å². The number of aliphatic hydroxyl groups is 1. The van der Waals surface area contributed by atoms with Gasteiger partial charge >= 0.3 is 0 Å². The van der Waals surface area contributed by atoms with Crippen LogP contribution in [0, 0.1) is 40.4 Å². The molecular formula is C43H75NO3. The predicted octanol–water partition coefficient (Wildman–Crippen LogP) is 11.2. The zero-order valence-electron chi connectivity index (χ0n) is 31.3. The summed E-state index contributed by atoms with van der Waals surface area (Å²) in [4.78, 5) is 28.6. The zero-order chi connectivity index (χ0) is 33.3. The van der Waals surface area contributed by atoms with E-state index in [0.29, 0.717) is 41.9 Å². The fourth-order valence-corrected chi connectivity index (χ4v) is 11.6. The number of carbonyl (C=O) groups is 2. The second kappa shape index (κ2) is 17.4. The minimum atomic E-state index is -0.738. The van der Waals surface area contributed by atoms with Crippen molar-refractivity contribution in [1.29, 1.82) is 0 Å². The SMILES string of the molecule is CCCCCCCCCCCCCCCCCCN(C[C@@]1(O)CC[C@@]2(C)[C@@H](CC[C@@H]3[C@@H]2CC[C@]2(C)C(=O)CC[C@@H]32)C1)C(=O)C1CCC1. The Morgan fingerprint density at radius 2 is 1.32 bits per heavy atom. The molecule has 4 nitrogen and oxygen atoms in total. The quantitative estimate of drug-likeness (QED) is 0.133. The van der Waals surface area contributed by atoms with E-state index in [2.05, 4.69) is 25.7 Å². The molecule has 5 aliphatic rings. The minimum Gasteiger partial charge on any atom is -0.388 e. The highest BCUT2D eigenvalue weighted by atomic mass is 16.3. The van der Waals surface area contributed by atoms with Crippen molar-refractivity contribution in [3.05, 3.63) is 0 Å². The molecule has 4 heteroatoms. The van der Waals surface area contributed by atoms with Crippen LogP contribution in [0.3, 0.4) is 0 Å². The van der Waals surface area contributed by atoms with Gasteiger partial charge in [-0.05, 0) is 99.7 Å². The normalized spacial score (nSPS) is 35.2. The van der Waals surface area contributed by atoms with E-state index >= 15 is 0 Å². The maximum absolute atomic E-state index is 13.6. The first kappa shape index (κ1) is 37.4. The van der Waals surface area contributed by atoms with Crippen LogP contribution in [-0.4, -0.2) is 40.4 Å². The Morgan fingerprint density at radius 1 is 0.723 bits per heavy atom. The average molecular weight is 654 g/mol. The molecule has 0 heterocycles. The number of hydrogen-bond acceptors (Lipinski definition) is 3. The van der Waals surface area contributed by atoms with Crippen LogP contribution < -0.4 is 0 Å². The van der Waals surface area contributed by atoms with Gasteiger partial charge in [-0.25, -0.2) is 0 Å². The molecule has 47 heavy (non-hydrogen) atoms. The van der Waals surface area contributed by atoms with Gasteiger partial charge in [0.25, 0.3) is 0 Å². The molecule has 0 aromatic rings. The van der Waals surface area contributed by atoms with Gasteiger partial charge in [0, 0.05) is 30.8 Å². The molecule has 0 saturated heterocycles.